The molecule has 8 heteroatoms. The smallest absolute Gasteiger partial charge is 0.262 e. The molecule has 1 amide bonds. The van der Waals surface area contributed by atoms with Crippen molar-refractivity contribution in [1.82, 2.24) is 10.1 Å². The second-order valence-corrected chi connectivity index (χ2v) is 6.93. The number of rotatable bonds is 7. The maximum absolute atomic E-state index is 12.3. The standard InChI is InChI=1S/C23H18ClN3O4/c1-29-18-11-9-17(10-12-18)25-21(28)14-30-20-8-3-2-7-19(20)22-26-23(31-27-22)15-5-4-6-16(24)13-15/h2-13H,14H2,1H3,(H,25,28). The fraction of sp³-hybridized carbons (Fsp3) is 0.0870. The Bertz CT molecular complexity index is 1190. The number of amides is 1. The predicted molar refractivity (Wildman–Crippen MR) is 117 cm³/mol. The topological polar surface area (TPSA) is 86.5 Å². The number of methoxy groups -OCH3 is 1. The SMILES string of the molecule is COc1ccc(NC(=O)COc2ccccc2-c2noc(-c3cccc(Cl)c3)n2)cc1. The lowest BCUT2D eigenvalue weighted by Crippen LogP contribution is -2.20. The minimum Gasteiger partial charge on any atom is -0.497 e. The summed E-state index contributed by atoms with van der Waals surface area (Å²) >= 11 is 6.03. The van der Waals surface area contributed by atoms with Crippen LogP contribution in [0.4, 0.5) is 5.69 Å². The van der Waals surface area contributed by atoms with E-state index in [9.17, 15) is 4.79 Å². The van der Waals surface area contributed by atoms with E-state index >= 15 is 0 Å². The first-order chi connectivity index (χ1) is 15.1. The number of ether oxygens (including phenoxy) is 2. The minimum atomic E-state index is -0.298. The minimum absolute atomic E-state index is 0.179. The summed E-state index contributed by atoms with van der Waals surface area (Å²) in [6.45, 7) is -0.179. The number of para-hydroxylation sites is 1. The van der Waals surface area contributed by atoms with E-state index in [1.165, 1.54) is 0 Å². The fourth-order valence-corrected chi connectivity index (χ4v) is 3.05. The molecule has 0 saturated heterocycles. The molecule has 3 aromatic carbocycles. The molecule has 0 aliphatic carbocycles. The van der Waals surface area contributed by atoms with Crippen LogP contribution in [0.15, 0.2) is 77.3 Å². The molecule has 156 valence electrons. The maximum atomic E-state index is 12.3. The van der Waals surface area contributed by atoms with Gasteiger partial charge in [-0.1, -0.05) is 35.0 Å². The average Bonchev–Trinajstić information content (AvgIpc) is 3.29. The molecule has 0 aliphatic heterocycles. The zero-order valence-corrected chi connectivity index (χ0v) is 17.3. The van der Waals surface area contributed by atoms with Gasteiger partial charge in [0.2, 0.25) is 5.82 Å². The van der Waals surface area contributed by atoms with Crippen LogP contribution >= 0.6 is 11.6 Å². The van der Waals surface area contributed by atoms with Crippen molar-refractivity contribution >= 4 is 23.2 Å². The van der Waals surface area contributed by atoms with Gasteiger partial charge in [-0.15, -0.1) is 0 Å². The number of benzene rings is 3. The first kappa shape index (κ1) is 20.4. The van der Waals surface area contributed by atoms with Crippen LogP contribution in [-0.2, 0) is 4.79 Å². The van der Waals surface area contributed by atoms with Crippen LogP contribution in [0.2, 0.25) is 5.02 Å². The third-order valence-corrected chi connectivity index (χ3v) is 4.59. The van der Waals surface area contributed by atoms with Gasteiger partial charge in [0.05, 0.1) is 12.7 Å². The van der Waals surface area contributed by atoms with Gasteiger partial charge in [0.1, 0.15) is 11.5 Å². The van der Waals surface area contributed by atoms with Crippen LogP contribution in [0.1, 0.15) is 0 Å². The average molecular weight is 436 g/mol. The predicted octanol–water partition coefficient (Wildman–Crippen LogP) is 5.08. The number of carbonyl (C=O) groups is 1. The van der Waals surface area contributed by atoms with Gasteiger partial charge in [-0.2, -0.15) is 4.98 Å². The second kappa shape index (κ2) is 9.32. The van der Waals surface area contributed by atoms with E-state index < -0.39 is 0 Å². The molecule has 4 rings (SSSR count). The molecule has 0 radical (unpaired) electrons. The van der Waals surface area contributed by atoms with Crippen molar-refractivity contribution in [3.05, 3.63) is 77.8 Å². The highest BCUT2D eigenvalue weighted by Gasteiger charge is 2.15. The lowest BCUT2D eigenvalue weighted by Gasteiger charge is -2.10. The van der Waals surface area contributed by atoms with E-state index in [4.69, 9.17) is 25.6 Å². The Hall–Kier alpha value is -3.84. The number of anilines is 1. The number of nitrogens with zero attached hydrogens (tertiary/aromatic N) is 2. The summed E-state index contributed by atoms with van der Waals surface area (Å²) in [5.74, 6) is 1.56. The Labute approximate surface area is 183 Å². The van der Waals surface area contributed by atoms with Gasteiger partial charge >= 0.3 is 0 Å². The Balaban J connectivity index is 1.45. The van der Waals surface area contributed by atoms with Gasteiger partial charge in [-0.25, -0.2) is 0 Å². The Morgan fingerprint density at radius 3 is 2.65 bits per heavy atom. The van der Waals surface area contributed by atoms with Crippen molar-refractivity contribution in [2.75, 3.05) is 19.0 Å². The third-order valence-electron chi connectivity index (χ3n) is 4.36. The number of hydrogen-bond donors (Lipinski definition) is 1. The van der Waals surface area contributed by atoms with Crippen LogP contribution in [0, 0.1) is 0 Å². The van der Waals surface area contributed by atoms with Crippen molar-refractivity contribution < 1.29 is 18.8 Å². The van der Waals surface area contributed by atoms with E-state index in [-0.39, 0.29) is 12.5 Å². The zero-order chi connectivity index (χ0) is 21.6. The van der Waals surface area contributed by atoms with E-state index in [1.807, 2.05) is 12.1 Å². The number of aromatic nitrogens is 2. The van der Waals surface area contributed by atoms with Gasteiger partial charge in [0, 0.05) is 16.3 Å². The quantitative estimate of drug-likeness (QED) is 0.435. The van der Waals surface area contributed by atoms with Crippen LogP contribution < -0.4 is 14.8 Å². The van der Waals surface area contributed by atoms with Gasteiger partial charge in [-0.3, -0.25) is 4.79 Å². The fourth-order valence-electron chi connectivity index (χ4n) is 2.86. The number of carbonyl (C=O) groups excluding carboxylic acids is 1. The summed E-state index contributed by atoms with van der Waals surface area (Å²) in [6, 6.07) is 21.3. The van der Waals surface area contributed by atoms with Crippen molar-refractivity contribution in [2.24, 2.45) is 0 Å². The van der Waals surface area contributed by atoms with E-state index in [2.05, 4.69) is 15.5 Å². The second-order valence-electron chi connectivity index (χ2n) is 6.49. The normalized spacial score (nSPS) is 10.5. The number of hydrogen-bond acceptors (Lipinski definition) is 6. The summed E-state index contributed by atoms with van der Waals surface area (Å²) in [4.78, 5) is 16.7. The molecule has 7 nitrogen and oxygen atoms in total. The Kier molecular flexibility index (Phi) is 6.14. The molecule has 1 aromatic heterocycles. The molecule has 0 saturated carbocycles. The van der Waals surface area contributed by atoms with Crippen LogP contribution in [0.3, 0.4) is 0 Å². The molecule has 4 aromatic rings. The van der Waals surface area contributed by atoms with E-state index in [1.54, 1.807) is 67.8 Å². The molecule has 0 aliphatic rings. The van der Waals surface area contributed by atoms with E-state index in [0.717, 1.165) is 0 Å². The van der Waals surface area contributed by atoms with Crippen molar-refractivity contribution in [2.45, 2.75) is 0 Å². The van der Waals surface area contributed by atoms with Gasteiger partial charge in [0.25, 0.3) is 11.8 Å². The van der Waals surface area contributed by atoms with E-state index in [0.29, 0.717) is 45.1 Å². The molecular weight excluding hydrogens is 418 g/mol. The lowest BCUT2D eigenvalue weighted by atomic mass is 10.2. The molecule has 1 N–H and O–H groups in total. The molecule has 0 bridgehead atoms. The molecule has 0 spiro atoms. The highest BCUT2D eigenvalue weighted by molar-refractivity contribution is 6.30. The monoisotopic (exact) mass is 435 g/mol. The lowest BCUT2D eigenvalue weighted by molar-refractivity contribution is -0.118. The Morgan fingerprint density at radius 1 is 1.06 bits per heavy atom. The van der Waals surface area contributed by atoms with Crippen LogP contribution in [0.5, 0.6) is 11.5 Å². The first-order valence-corrected chi connectivity index (χ1v) is 9.76. The molecule has 0 atom stereocenters. The molecule has 0 unspecified atom stereocenters. The summed E-state index contributed by atoms with van der Waals surface area (Å²) in [5, 5.41) is 7.39. The summed E-state index contributed by atoms with van der Waals surface area (Å²) < 4.78 is 16.2. The van der Waals surface area contributed by atoms with Crippen LogP contribution in [-0.4, -0.2) is 29.8 Å². The molecule has 1 heterocycles. The Morgan fingerprint density at radius 2 is 1.87 bits per heavy atom. The molecule has 31 heavy (non-hydrogen) atoms. The molecular formula is C23H18ClN3O4. The van der Waals surface area contributed by atoms with Crippen molar-refractivity contribution in [3.63, 3.8) is 0 Å². The van der Waals surface area contributed by atoms with Gasteiger partial charge < -0.3 is 19.3 Å². The zero-order valence-electron chi connectivity index (χ0n) is 16.5. The third kappa shape index (κ3) is 5.02. The van der Waals surface area contributed by atoms with Crippen molar-refractivity contribution in [1.29, 1.82) is 0 Å². The summed E-state index contributed by atoms with van der Waals surface area (Å²) in [6.07, 6.45) is 0. The highest BCUT2D eigenvalue weighted by Crippen LogP contribution is 2.30. The summed E-state index contributed by atoms with van der Waals surface area (Å²) in [5.41, 5.74) is 1.97. The van der Waals surface area contributed by atoms with Gasteiger partial charge in [-0.05, 0) is 54.6 Å². The summed E-state index contributed by atoms with van der Waals surface area (Å²) in [7, 11) is 1.58. The molecule has 0 fully saturated rings. The van der Waals surface area contributed by atoms with Crippen molar-refractivity contribution in [3.8, 4) is 34.3 Å². The van der Waals surface area contributed by atoms with Crippen LogP contribution in [0.25, 0.3) is 22.8 Å². The maximum Gasteiger partial charge on any atom is 0.262 e. The number of halogens is 1. The largest absolute Gasteiger partial charge is 0.497 e. The number of nitrogens with one attached hydrogen (secondary N) is 1. The van der Waals surface area contributed by atoms with Gasteiger partial charge in [0.15, 0.2) is 6.61 Å². The first-order valence-electron chi connectivity index (χ1n) is 9.38. The highest BCUT2D eigenvalue weighted by atomic mass is 35.5.